The molecule has 5 nitrogen and oxygen atoms in total. The fraction of sp³-hybridized carbons (Fsp3) is 0.556. The van der Waals surface area contributed by atoms with Crippen LogP contribution >= 0.6 is 0 Å². The second-order valence-electron chi connectivity index (χ2n) is 3.53. The third kappa shape index (κ3) is 1.63. The number of rotatable bonds is 2. The van der Waals surface area contributed by atoms with Gasteiger partial charge in [-0.15, -0.1) is 0 Å². The van der Waals surface area contributed by atoms with Crippen molar-refractivity contribution < 1.29 is 5.11 Å². The molecule has 1 aliphatic heterocycles. The molecule has 76 valence electrons. The highest BCUT2D eigenvalue weighted by Gasteiger charge is 2.24. The van der Waals surface area contributed by atoms with E-state index in [9.17, 15) is 4.79 Å². The minimum atomic E-state index is -0.161. The molecule has 2 N–H and O–H groups in total. The number of hydrogen-bond acceptors (Lipinski definition) is 4. The molecule has 1 fully saturated rings. The summed E-state index contributed by atoms with van der Waals surface area (Å²) in [4.78, 5) is 19.9. The van der Waals surface area contributed by atoms with Gasteiger partial charge in [-0.2, -0.15) is 0 Å². The lowest BCUT2D eigenvalue weighted by molar-refractivity contribution is 0.238. The topological polar surface area (TPSA) is 69.2 Å². The average Bonchev–Trinajstić information content (AvgIpc) is 2.67. The summed E-state index contributed by atoms with van der Waals surface area (Å²) >= 11 is 0. The van der Waals surface area contributed by atoms with Gasteiger partial charge in [-0.1, -0.05) is 0 Å². The van der Waals surface area contributed by atoms with Gasteiger partial charge in [-0.05, 0) is 6.42 Å². The largest absolute Gasteiger partial charge is 0.396 e. The molecule has 0 aliphatic carbocycles. The van der Waals surface area contributed by atoms with Crippen molar-refractivity contribution in [2.75, 3.05) is 24.6 Å². The second-order valence-corrected chi connectivity index (χ2v) is 3.53. The molecular formula is C9H13N3O2. The van der Waals surface area contributed by atoms with E-state index in [4.69, 9.17) is 5.11 Å². The molecule has 5 heteroatoms. The van der Waals surface area contributed by atoms with Crippen LogP contribution in [0.25, 0.3) is 0 Å². The minimum absolute atomic E-state index is 0.161. The molecule has 0 amide bonds. The van der Waals surface area contributed by atoms with Gasteiger partial charge < -0.3 is 15.0 Å². The van der Waals surface area contributed by atoms with Gasteiger partial charge in [0.05, 0.1) is 0 Å². The van der Waals surface area contributed by atoms with E-state index in [1.54, 1.807) is 6.20 Å². The van der Waals surface area contributed by atoms with Crippen LogP contribution in [-0.2, 0) is 0 Å². The predicted octanol–water partition coefficient (Wildman–Crippen LogP) is -0.411. The molecule has 1 aromatic rings. The first kappa shape index (κ1) is 9.21. The number of nitrogens with one attached hydrogen (secondary N) is 1. The van der Waals surface area contributed by atoms with Gasteiger partial charge >= 0.3 is 0 Å². The Hall–Kier alpha value is -1.36. The van der Waals surface area contributed by atoms with Crippen molar-refractivity contribution in [3.8, 4) is 0 Å². The SMILES string of the molecule is O=c1[nH]ccnc1N1CC[C@@H](CO)C1. The molecule has 1 aliphatic rings. The third-order valence-corrected chi connectivity index (χ3v) is 2.53. The maximum atomic E-state index is 11.4. The highest BCUT2D eigenvalue weighted by atomic mass is 16.3. The molecule has 1 saturated heterocycles. The van der Waals surface area contributed by atoms with Crippen molar-refractivity contribution in [1.29, 1.82) is 0 Å². The Kier molecular flexibility index (Phi) is 2.49. The van der Waals surface area contributed by atoms with Crippen LogP contribution in [0.15, 0.2) is 17.2 Å². The maximum absolute atomic E-state index is 11.4. The van der Waals surface area contributed by atoms with E-state index in [-0.39, 0.29) is 18.1 Å². The van der Waals surface area contributed by atoms with Crippen LogP contribution in [0.3, 0.4) is 0 Å². The number of nitrogens with zero attached hydrogens (tertiary/aromatic N) is 2. The number of aliphatic hydroxyl groups excluding tert-OH is 1. The molecule has 2 rings (SSSR count). The fourth-order valence-electron chi connectivity index (χ4n) is 1.74. The van der Waals surface area contributed by atoms with Crippen LogP contribution in [0.5, 0.6) is 0 Å². The second kappa shape index (κ2) is 3.79. The van der Waals surface area contributed by atoms with Gasteiger partial charge in [0.25, 0.3) is 5.56 Å². The number of aliphatic hydroxyl groups is 1. The zero-order chi connectivity index (χ0) is 9.97. The van der Waals surface area contributed by atoms with E-state index >= 15 is 0 Å². The summed E-state index contributed by atoms with van der Waals surface area (Å²) in [5, 5.41) is 8.97. The first-order chi connectivity index (χ1) is 6.81. The molecule has 2 heterocycles. The van der Waals surface area contributed by atoms with Gasteiger partial charge in [-0.3, -0.25) is 4.79 Å². The Bertz CT molecular complexity index is 363. The molecular weight excluding hydrogens is 182 g/mol. The van der Waals surface area contributed by atoms with Crippen molar-refractivity contribution in [2.45, 2.75) is 6.42 Å². The first-order valence-electron chi connectivity index (χ1n) is 4.70. The van der Waals surface area contributed by atoms with E-state index in [0.717, 1.165) is 19.5 Å². The monoisotopic (exact) mass is 195 g/mol. The Morgan fingerprint density at radius 1 is 1.71 bits per heavy atom. The van der Waals surface area contributed by atoms with Crippen LogP contribution in [0.2, 0.25) is 0 Å². The molecule has 14 heavy (non-hydrogen) atoms. The highest BCUT2D eigenvalue weighted by molar-refractivity contribution is 5.36. The summed E-state index contributed by atoms with van der Waals surface area (Å²) in [6.45, 7) is 1.70. The Labute approximate surface area is 81.4 Å². The maximum Gasteiger partial charge on any atom is 0.290 e. The van der Waals surface area contributed by atoms with Crippen LogP contribution in [0, 0.1) is 5.92 Å². The normalized spacial score (nSPS) is 21.5. The van der Waals surface area contributed by atoms with Crippen molar-refractivity contribution in [3.63, 3.8) is 0 Å². The van der Waals surface area contributed by atoms with Crippen LogP contribution < -0.4 is 10.5 Å². The predicted molar refractivity (Wildman–Crippen MR) is 52.3 cm³/mol. The number of H-pyrrole nitrogens is 1. The van der Waals surface area contributed by atoms with Crippen molar-refractivity contribution in [3.05, 3.63) is 22.7 Å². The lowest BCUT2D eigenvalue weighted by Crippen LogP contribution is -2.28. The van der Waals surface area contributed by atoms with E-state index < -0.39 is 0 Å². The van der Waals surface area contributed by atoms with E-state index in [0.29, 0.717) is 5.82 Å². The summed E-state index contributed by atoms with van der Waals surface area (Å²) in [6.07, 6.45) is 4.01. The molecule has 0 spiro atoms. The third-order valence-electron chi connectivity index (χ3n) is 2.53. The quantitative estimate of drug-likeness (QED) is 0.673. The summed E-state index contributed by atoms with van der Waals surface area (Å²) in [5.74, 6) is 0.736. The van der Waals surface area contributed by atoms with Crippen LogP contribution in [-0.4, -0.2) is 34.8 Å². The molecule has 0 bridgehead atoms. The lowest BCUT2D eigenvalue weighted by Gasteiger charge is -2.15. The van der Waals surface area contributed by atoms with Crippen molar-refractivity contribution >= 4 is 5.82 Å². The van der Waals surface area contributed by atoms with E-state index in [1.807, 2.05) is 4.90 Å². The zero-order valence-electron chi connectivity index (χ0n) is 7.81. The number of hydrogen-bond donors (Lipinski definition) is 2. The van der Waals surface area contributed by atoms with Gasteiger partial charge in [0.1, 0.15) is 0 Å². The summed E-state index contributed by atoms with van der Waals surface area (Å²) in [5.41, 5.74) is -0.161. The van der Waals surface area contributed by atoms with Crippen molar-refractivity contribution in [2.24, 2.45) is 5.92 Å². The van der Waals surface area contributed by atoms with Gasteiger partial charge in [0, 0.05) is 38.0 Å². The molecule has 0 aromatic carbocycles. The van der Waals surface area contributed by atoms with Crippen molar-refractivity contribution in [1.82, 2.24) is 9.97 Å². The fourth-order valence-corrected chi connectivity index (χ4v) is 1.74. The van der Waals surface area contributed by atoms with E-state index in [2.05, 4.69) is 9.97 Å². The summed E-state index contributed by atoms with van der Waals surface area (Å²) in [7, 11) is 0. The Balaban J connectivity index is 2.18. The Morgan fingerprint density at radius 3 is 3.21 bits per heavy atom. The minimum Gasteiger partial charge on any atom is -0.396 e. The summed E-state index contributed by atoms with van der Waals surface area (Å²) < 4.78 is 0. The molecule has 0 unspecified atom stereocenters. The number of aromatic nitrogens is 2. The molecule has 1 atom stereocenters. The van der Waals surface area contributed by atoms with Crippen LogP contribution in [0.4, 0.5) is 5.82 Å². The standard InChI is InChI=1S/C9H13N3O2/c13-6-7-1-4-12(5-7)8-9(14)11-3-2-10-8/h2-3,7,13H,1,4-6H2,(H,11,14)/t7-/m1/s1. The molecule has 0 saturated carbocycles. The Morgan fingerprint density at radius 2 is 2.57 bits per heavy atom. The first-order valence-corrected chi connectivity index (χ1v) is 4.70. The number of aromatic amines is 1. The van der Waals surface area contributed by atoms with Gasteiger partial charge in [-0.25, -0.2) is 4.98 Å². The molecule has 0 radical (unpaired) electrons. The lowest BCUT2D eigenvalue weighted by atomic mass is 10.1. The zero-order valence-corrected chi connectivity index (χ0v) is 7.81. The number of anilines is 1. The van der Waals surface area contributed by atoms with Gasteiger partial charge in [0.15, 0.2) is 5.82 Å². The average molecular weight is 195 g/mol. The summed E-state index contributed by atoms with van der Waals surface area (Å²) in [6, 6.07) is 0. The van der Waals surface area contributed by atoms with Gasteiger partial charge in [0.2, 0.25) is 0 Å². The van der Waals surface area contributed by atoms with Crippen LogP contribution in [0.1, 0.15) is 6.42 Å². The smallest absolute Gasteiger partial charge is 0.290 e. The molecule has 1 aromatic heterocycles. The highest BCUT2D eigenvalue weighted by Crippen LogP contribution is 2.18. The van der Waals surface area contributed by atoms with E-state index in [1.165, 1.54) is 6.20 Å².